The van der Waals surface area contributed by atoms with Gasteiger partial charge in [-0.25, -0.2) is 4.98 Å². The Morgan fingerprint density at radius 2 is 1.92 bits per heavy atom. The molecule has 0 spiro atoms. The highest BCUT2D eigenvalue weighted by Gasteiger charge is 2.14. The molecule has 0 fully saturated rings. The summed E-state index contributed by atoms with van der Waals surface area (Å²) in [6.45, 7) is 2.07. The summed E-state index contributed by atoms with van der Waals surface area (Å²) >= 11 is 0. The summed E-state index contributed by atoms with van der Waals surface area (Å²) in [5.41, 5.74) is 10.1. The second-order valence-electron chi connectivity index (χ2n) is 6.22. The van der Waals surface area contributed by atoms with Crippen molar-refractivity contribution in [3.63, 3.8) is 0 Å². The van der Waals surface area contributed by atoms with E-state index in [4.69, 9.17) is 10.7 Å². The van der Waals surface area contributed by atoms with Crippen molar-refractivity contribution in [1.82, 2.24) is 9.38 Å². The molecule has 0 saturated carbocycles. The fourth-order valence-corrected chi connectivity index (χ4v) is 3.28. The average molecular weight is 344 g/mol. The van der Waals surface area contributed by atoms with Gasteiger partial charge in [-0.05, 0) is 35.4 Å². The number of nitrogens with two attached hydrogens (primary N) is 1. The van der Waals surface area contributed by atoms with Gasteiger partial charge in [-0.2, -0.15) is 0 Å². The molecule has 0 bridgehead atoms. The lowest BCUT2D eigenvalue weighted by molar-refractivity contribution is -0.114. The monoisotopic (exact) mass is 344 g/mol. The summed E-state index contributed by atoms with van der Waals surface area (Å²) in [5.74, 6) is -0.211. The van der Waals surface area contributed by atoms with Crippen LogP contribution in [-0.2, 0) is 11.2 Å². The summed E-state index contributed by atoms with van der Waals surface area (Å²) in [7, 11) is 0. The number of fused-ring (bicyclic) bond motifs is 2. The molecule has 0 unspecified atom stereocenters. The van der Waals surface area contributed by atoms with Gasteiger partial charge in [0.05, 0.1) is 23.6 Å². The van der Waals surface area contributed by atoms with E-state index >= 15 is 0 Å². The Balaban J connectivity index is 1.84. The van der Waals surface area contributed by atoms with Crippen molar-refractivity contribution in [3.05, 3.63) is 66.5 Å². The van der Waals surface area contributed by atoms with E-state index in [1.54, 1.807) is 0 Å². The smallest absolute Gasteiger partial charge is 0.238 e. The number of aromatic nitrogens is 2. The highest BCUT2D eigenvalue weighted by molar-refractivity contribution is 5.92. The number of carbonyl (C=O) groups excluding carboxylic acids is 1. The first-order valence-corrected chi connectivity index (χ1v) is 8.69. The van der Waals surface area contributed by atoms with E-state index < -0.39 is 0 Å². The summed E-state index contributed by atoms with van der Waals surface area (Å²) in [6, 6.07) is 18.5. The highest BCUT2D eigenvalue weighted by Crippen LogP contribution is 2.28. The van der Waals surface area contributed by atoms with E-state index in [1.165, 1.54) is 10.8 Å². The first kappa shape index (κ1) is 16.3. The number of imidazole rings is 1. The fourth-order valence-electron chi connectivity index (χ4n) is 3.28. The van der Waals surface area contributed by atoms with Gasteiger partial charge in [0, 0.05) is 11.8 Å². The number of anilines is 1. The number of hydrogen-bond donors (Lipinski definition) is 2. The van der Waals surface area contributed by atoms with Crippen LogP contribution in [0.3, 0.4) is 0 Å². The van der Waals surface area contributed by atoms with Crippen molar-refractivity contribution in [2.24, 2.45) is 5.73 Å². The molecule has 0 radical (unpaired) electrons. The van der Waals surface area contributed by atoms with E-state index in [1.807, 2.05) is 34.9 Å². The van der Waals surface area contributed by atoms with Gasteiger partial charge in [0.2, 0.25) is 5.91 Å². The number of hydrogen-bond acceptors (Lipinski definition) is 3. The molecule has 0 saturated heterocycles. The van der Waals surface area contributed by atoms with Crippen LogP contribution in [0.25, 0.3) is 27.7 Å². The van der Waals surface area contributed by atoms with Crippen molar-refractivity contribution < 1.29 is 4.79 Å². The minimum absolute atomic E-state index is 0.0368. The lowest BCUT2D eigenvalue weighted by atomic mass is 10.0. The minimum atomic E-state index is -0.211. The maximum atomic E-state index is 11.6. The molecule has 2 heterocycles. The number of aryl methyl sites for hydroxylation is 1. The van der Waals surface area contributed by atoms with Gasteiger partial charge in [-0.3, -0.25) is 4.79 Å². The van der Waals surface area contributed by atoms with Gasteiger partial charge >= 0.3 is 0 Å². The molecule has 2 aromatic heterocycles. The molecule has 4 aromatic rings. The fraction of sp³-hybridized carbons (Fsp3) is 0.143. The molecule has 0 aliphatic rings. The van der Waals surface area contributed by atoms with Gasteiger partial charge in [0.25, 0.3) is 0 Å². The van der Waals surface area contributed by atoms with E-state index in [0.717, 1.165) is 29.0 Å². The van der Waals surface area contributed by atoms with Gasteiger partial charge in [-0.1, -0.05) is 43.3 Å². The molecule has 0 aliphatic heterocycles. The van der Waals surface area contributed by atoms with E-state index in [9.17, 15) is 4.79 Å². The standard InChI is InChI=1S/C21H20N4O/c1-2-18-21(16-8-7-14-5-3-4-6-15(14)11-16)24-19-10-9-17(13-25(18)19)23-20(26)12-22/h3-11,13H,2,12,22H2,1H3,(H,23,26). The largest absolute Gasteiger partial charge is 0.324 e. The van der Waals surface area contributed by atoms with Crippen molar-refractivity contribution >= 4 is 28.0 Å². The number of nitrogens with zero attached hydrogens (tertiary/aromatic N) is 2. The molecule has 3 N–H and O–H groups in total. The topological polar surface area (TPSA) is 72.4 Å². The summed E-state index contributed by atoms with van der Waals surface area (Å²) < 4.78 is 2.04. The highest BCUT2D eigenvalue weighted by atomic mass is 16.1. The van der Waals surface area contributed by atoms with Crippen molar-refractivity contribution in [2.75, 3.05) is 11.9 Å². The van der Waals surface area contributed by atoms with Crippen LogP contribution in [0.4, 0.5) is 5.69 Å². The molecule has 0 aliphatic carbocycles. The normalized spacial score (nSPS) is 11.2. The number of rotatable bonds is 4. The Hall–Kier alpha value is -3.18. The first-order valence-electron chi connectivity index (χ1n) is 8.69. The molecule has 5 heteroatoms. The van der Waals surface area contributed by atoms with Gasteiger partial charge in [0.15, 0.2) is 0 Å². The molecule has 5 nitrogen and oxygen atoms in total. The number of amides is 1. The number of carbonyl (C=O) groups is 1. The third kappa shape index (κ3) is 2.82. The van der Waals surface area contributed by atoms with E-state index in [0.29, 0.717) is 5.69 Å². The molecule has 1 amide bonds. The molecular formula is C21H20N4O. The minimum Gasteiger partial charge on any atom is -0.324 e. The van der Waals surface area contributed by atoms with Crippen molar-refractivity contribution in [2.45, 2.75) is 13.3 Å². The zero-order valence-electron chi connectivity index (χ0n) is 14.6. The van der Waals surface area contributed by atoms with Gasteiger partial charge < -0.3 is 15.5 Å². The third-order valence-corrected chi connectivity index (χ3v) is 4.54. The Labute approximate surface area is 151 Å². The van der Waals surface area contributed by atoms with E-state index in [-0.39, 0.29) is 12.5 Å². The van der Waals surface area contributed by atoms with Crippen LogP contribution in [0.2, 0.25) is 0 Å². The van der Waals surface area contributed by atoms with Crippen LogP contribution in [-0.4, -0.2) is 21.8 Å². The Bertz CT molecular complexity index is 1110. The quantitative estimate of drug-likeness (QED) is 0.594. The predicted molar refractivity (Wildman–Crippen MR) is 105 cm³/mol. The molecule has 0 atom stereocenters. The van der Waals surface area contributed by atoms with Crippen LogP contribution >= 0.6 is 0 Å². The molecule has 2 aromatic carbocycles. The number of benzene rings is 2. The summed E-state index contributed by atoms with van der Waals surface area (Å²) in [6.07, 6.45) is 2.73. The lowest BCUT2D eigenvalue weighted by Crippen LogP contribution is -2.21. The molecule has 130 valence electrons. The Kier molecular flexibility index (Phi) is 4.14. The van der Waals surface area contributed by atoms with Crippen LogP contribution < -0.4 is 11.1 Å². The van der Waals surface area contributed by atoms with Gasteiger partial charge in [-0.15, -0.1) is 0 Å². The molecular weight excluding hydrogens is 324 g/mol. The van der Waals surface area contributed by atoms with Crippen LogP contribution in [0.15, 0.2) is 60.8 Å². The molecule has 26 heavy (non-hydrogen) atoms. The summed E-state index contributed by atoms with van der Waals surface area (Å²) in [4.78, 5) is 16.4. The average Bonchev–Trinajstić information content (AvgIpc) is 3.05. The summed E-state index contributed by atoms with van der Waals surface area (Å²) in [5, 5.41) is 5.20. The second kappa shape index (κ2) is 6.61. The van der Waals surface area contributed by atoms with E-state index in [2.05, 4.69) is 42.6 Å². The lowest BCUT2D eigenvalue weighted by Gasteiger charge is -2.07. The first-order chi connectivity index (χ1) is 12.7. The number of pyridine rings is 1. The number of nitrogens with one attached hydrogen (secondary N) is 1. The maximum absolute atomic E-state index is 11.6. The predicted octanol–water partition coefficient (Wildman–Crippen LogP) is 3.61. The Morgan fingerprint density at radius 3 is 2.69 bits per heavy atom. The SMILES string of the molecule is CCc1c(-c2ccc3ccccc3c2)nc2ccc(NC(=O)CN)cn12. The van der Waals surface area contributed by atoms with Gasteiger partial charge in [0.1, 0.15) is 5.65 Å². The van der Waals surface area contributed by atoms with Crippen LogP contribution in [0, 0.1) is 0 Å². The van der Waals surface area contributed by atoms with Crippen LogP contribution in [0.1, 0.15) is 12.6 Å². The molecule has 4 rings (SSSR count). The second-order valence-corrected chi connectivity index (χ2v) is 6.22. The van der Waals surface area contributed by atoms with Crippen LogP contribution in [0.5, 0.6) is 0 Å². The van der Waals surface area contributed by atoms with Crippen molar-refractivity contribution in [3.8, 4) is 11.3 Å². The maximum Gasteiger partial charge on any atom is 0.238 e. The third-order valence-electron chi connectivity index (χ3n) is 4.54. The zero-order chi connectivity index (χ0) is 18.1. The zero-order valence-corrected chi connectivity index (χ0v) is 14.6. The van der Waals surface area contributed by atoms with Crippen molar-refractivity contribution in [1.29, 1.82) is 0 Å². The Morgan fingerprint density at radius 1 is 1.12 bits per heavy atom.